The Morgan fingerprint density at radius 3 is 2.65 bits per heavy atom. The van der Waals surface area contributed by atoms with Crippen LogP contribution >= 0.6 is 51.0 Å². The molecule has 1 aliphatic rings. The number of hydrogen-bond donors (Lipinski definition) is 1. The molecular formula is C14H14BrClN4OS2. The monoisotopic (exact) mass is 432 g/mol. The first-order valence-corrected chi connectivity index (χ1v) is 9.53. The predicted molar refractivity (Wildman–Crippen MR) is 98.0 cm³/mol. The number of thiazole rings is 1. The number of aromatic nitrogens is 3. The highest BCUT2D eigenvalue weighted by Crippen LogP contribution is 2.37. The fraction of sp³-hybridized carbons (Fsp3) is 0.357. The van der Waals surface area contributed by atoms with Gasteiger partial charge in [-0.25, -0.2) is 4.98 Å². The van der Waals surface area contributed by atoms with E-state index in [4.69, 9.17) is 10.3 Å². The van der Waals surface area contributed by atoms with E-state index in [2.05, 4.69) is 37.1 Å². The van der Waals surface area contributed by atoms with E-state index in [1.54, 1.807) is 22.7 Å². The molecule has 0 bridgehead atoms. The summed E-state index contributed by atoms with van der Waals surface area (Å²) in [5.74, 6) is 1.05. The van der Waals surface area contributed by atoms with E-state index in [1.165, 1.54) is 0 Å². The highest BCUT2D eigenvalue weighted by atomic mass is 79.9. The van der Waals surface area contributed by atoms with Crippen LogP contribution in [0.15, 0.2) is 25.8 Å². The Labute approximate surface area is 155 Å². The van der Waals surface area contributed by atoms with Gasteiger partial charge in [-0.05, 0) is 34.8 Å². The Morgan fingerprint density at radius 2 is 1.96 bits per heavy atom. The van der Waals surface area contributed by atoms with E-state index in [1.807, 2.05) is 10.8 Å². The summed E-state index contributed by atoms with van der Waals surface area (Å²) in [4.78, 5) is 10.2. The highest BCUT2D eigenvalue weighted by molar-refractivity contribution is 9.10. The summed E-state index contributed by atoms with van der Waals surface area (Å²) in [5, 5.41) is 9.02. The van der Waals surface area contributed by atoms with Gasteiger partial charge in [0.2, 0.25) is 0 Å². The molecule has 1 aliphatic carbocycles. The fourth-order valence-electron chi connectivity index (χ4n) is 2.67. The summed E-state index contributed by atoms with van der Waals surface area (Å²) in [6.07, 6.45) is 4.07. The van der Waals surface area contributed by atoms with Crippen molar-refractivity contribution in [3.05, 3.63) is 27.1 Å². The van der Waals surface area contributed by atoms with Crippen molar-refractivity contribution in [3.8, 4) is 21.5 Å². The van der Waals surface area contributed by atoms with Crippen molar-refractivity contribution < 1.29 is 4.52 Å². The molecule has 1 fully saturated rings. The molecule has 0 radical (unpaired) electrons. The van der Waals surface area contributed by atoms with Crippen molar-refractivity contribution in [2.24, 2.45) is 5.73 Å². The lowest BCUT2D eigenvalue weighted by atomic mass is 9.99. The molecule has 3 heterocycles. The molecule has 0 saturated heterocycles. The Balaban J connectivity index is 0.00000156. The minimum atomic E-state index is -0.431. The average Bonchev–Trinajstić information content (AvgIpc) is 3.25. The first kappa shape index (κ1) is 17.0. The summed E-state index contributed by atoms with van der Waals surface area (Å²) in [5.41, 5.74) is 6.65. The third-order valence-electron chi connectivity index (χ3n) is 3.87. The quantitative estimate of drug-likeness (QED) is 0.640. The molecule has 0 aliphatic heterocycles. The van der Waals surface area contributed by atoms with E-state index in [0.717, 1.165) is 40.0 Å². The second-order valence-corrected chi connectivity index (χ2v) is 8.14. The summed E-state index contributed by atoms with van der Waals surface area (Å²) in [6, 6.07) is 2.06. The van der Waals surface area contributed by atoms with Crippen molar-refractivity contribution in [2.45, 2.75) is 31.2 Å². The molecule has 0 spiro atoms. The molecule has 4 rings (SSSR count). The van der Waals surface area contributed by atoms with Gasteiger partial charge in [-0.15, -0.1) is 35.1 Å². The maximum absolute atomic E-state index is 6.36. The maximum atomic E-state index is 6.36. The van der Waals surface area contributed by atoms with Gasteiger partial charge in [-0.3, -0.25) is 0 Å². The number of thiophene rings is 1. The van der Waals surface area contributed by atoms with Gasteiger partial charge in [0, 0.05) is 15.2 Å². The van der Waals surface area contributed by atoms with Crippen LogP contribution in [0.1, 0.15) is 31.5 Å². The summed E-state index contributed by atoms with van der Waals surface area (Å²) >= 11 is 6.68. The second kappa shape index (κ2) is 6.60. The van der Waals surface area contributed by atoms with Crippen LogP contribution in [0.2, 0.25) is 0 Å². The standard InChI is InChI=1S/C14H13BrN4OS2.ClH/c15-8-5-10(21-6-8)12-17-9(7-22-12)11-18-13(19-20-11)14(16)3-1-2-4-14;/h5-7H,1-4,16H2;1H. The maximum Gasteiger partial charge on any atom is 0.277 e. The Hall–Kier alpha value is -0.800. The van der Waals surface area contributed by atoms with Gasteiger partial charge in [-0.2, -0.15) is 4.98 Å². The van der Waals surface area contributed by atoms with Crippen LogP contribution in [0, 0.1) is 0 Å². The van der Waals surface area contributed by atoms with Gasteiger partial charge in [0.25, 0.3) is 5.89 Å². The lowest BCUT2D eigenvalue weighted by Crippen LogP contribution is -2.34. The molecule has 3 aromatic rings. The predicted octanol–water partition coefficient (Wildman–Crippen LogP) is 4.83. The van der Waals surface area contributed by atoms with Crippen LogP contribution in [0.3, 0.4) is 0 Å². The third-order valence-corrected chi connectivity index (χ3v) is 6.57. The molecule has 0 amide bonds. The van der Waals surface area contributed by atoms with Gasteiger partial charge in [0.1, 0.15) is 10.7 Å². The number of nitrogens with zero attached hydrogens (tertiary/aromatic N) is 3. The number of halogens is 2. The third kappa shape index (κ3) is 3.23. The lowest BCUT2D eigenvalue weighted by molar-refractivity contribution is 0.372. The van der Waals surface area contributed by atoms with Crippen molar-refractivity contribution in [3.63, 3.8) is 0 Å². The number of rotatable bonds is 3. The lowest BCUT2D eigenvalue weighted by Gasteiger charge is -2.17. The number of nitrogens with two attached hydrogens (primary N) is 1. The van der Waals surface area contributed by atoms with Crippen LogP contribution in [-0.2, 0) is 5.54 Å². The van der Waals surface area contributed by atoms with Crippen molar-refractivity contribution in [2.75, 3.05) is 0 Å². The molecule has 3 aromatic heterocycles. The first-order chi connectivity index (χ1) is 10.6. The largest absolute Gasteiger partial charge is 0.332 e. The normalized spacial score (nSPS) is 16.4. The molecule has 23 heavy (non-hydrogen) atoms. The van der Waals surface area contributed by atoms with Gasteiger partial charge in [-0.1, -0.05) is 18.0 Å². The van der Waals surface area contributed by atoms with E-state index >= 15 is 0 Å². The molecule has 0 unspecified atom stereocenters. The highest BCUT2D eigenvalue weighted by Gasteiger charge is 2.36. The van der Waals surface area contributed by atoms with E-state index < -0.39 is 5.54 Å². The number of hydrogen-bond acceptors (Lipinski definition) is 7. The van der Waals surface area contributed by atoms with E-state index in [0.29, 0.717) is 17.4 Å². The molecule has 122 valence electrons. The minimum absolute atomic E-state index is 0. The molecule has 1 saturated carbocycles. The Bertz CT molecular complexity index is 809. The summed E-state index contributed by atoms with van der Waals surface area (Å²) < 4.78 is 6.45. The smallest absolute Gasteiger partial charge is 0.277 e. The zero-order valence-electron chi connectivity index (χ0n) is 12.0. The van der Waals surface area contributed by atoms with Crippen molar-refractivity contribution >= 4 is 51.0 Å². The SMILES string of the molecule is Cl.NC1(c2noc(-c3csc(-c4cc(Br)cs4)n3)n2)CCCC1. The van der Waals surface area contributed by atoms with Crippen molar-refractivity contribution in [1.29, 1.82) is 0 Å². The first-order valence-electron chi connectivity index (χ1n) is 6.97. The van der Waals surface area contributed by atoms with Crippen LogP contribution in [0.4, 0.5) is 0 Å². The minimum Gasteiger partial charge on any atom is -0.332 e. The van der Waals surface area contributed by atoms with Crippen LogP contribution in [0.5, 0.6) is 0 Å². The molecule has 9 heteroatoms. The van der Waals surface area contributed by atoms with Gasteiger partial charge < -0.3 is 10.3 Å². The van der Waals surface area contributed by atoms with Gasteiger partial charge in [0.15, 0.2) is 5.82 Å². The summed E-state index contributed by atoms with van der Waals surface area (Å²) in [7, 11) is 0. The van der Waals surface area contributed by atoms with Gasteiger partial charge >= 0.3 is 0 Å². The molecule has 2 N–H and O–H groups in total. The van der Waals surface area contributed by atoms with Crippen molar-refractivity contribution in [1.82, 2.24) is 15.1 Å². The second-order valence-electron chi connectivity index (χ2n) is 5.45. The zero-order valence-corrected chi connectivity index (χ0v) is 16.0. The summed E-state index contributed by atoms with van der Waals surface area (Å²) in [6.45, 7) is 0. The molecular weight excluding hydrogens is 420 g/mol. The van der Waals surface area contributed by atoms with E-state index in [-0.39, 0.29) is 12.4 Å². The molecule has 5 nitrogen and oxygen atoms in total. The molecule has 0 aromatic carbocycles. The van der Waals surface area contributed by atoms with Crippen LogP contribution in [-0.4, -0.2) is 15.1 Å². The Morgan fingerprint density at radius 1 is 1.17 bits per heavy atom. The van der Waals surface area contributed by atoms with Gasteiger partial charge in [0.05, 0.1) is 10.4 Å². The topological polar surface area (TPSA) is 77.8 Å². The van der Waals surface area contributed by atoms with Crippen LogP contribution in [0.25, 0.3) is 21.5 Å². The van der Waals surface area contributed by atoms with Crippen LogP contribution < -0.4 is 5.73 Å². The molecule has 0 atom stereocenters. The Kier molecular flexibility index (Phi) is 4.89. The van der Waals surface area contributed by atoms with E-state index in [9.17, 15) is 0 Å². The fourth-order valence-corrected chi connectivity index (χ4v) is 4.97. The zero-order chi connectivity index (χ0) is 15.2. The average molecular weight is 434 g/mol.